The molecule has 0 aliphatic carbocycles. The molecular weight excluding hydrogens is 365 g/mol. The molecule has 7 nitrogen and oxygen atoms in total. The van der Waals surface area contributed by atoms with E-state index in [2.05, 4.69) is 15.3 Å². The number of ketones is 1. The van der Waals surface area contributed by atoms with Gasteiger partial charge >= 0.3 is 6.18 Å². The molecule has 1 heterocycles. The van der Waals surface area contributed by atoms with Crippen molar-refractivity contribution in [2.24, 2.45) is 0 Å². The third-order valence-electron chi connectivity index (χ3n) is 3.64. The molecule has 0 bridgehead atoms. The van der Waals surface area contributed by atoms with Crippen LogP contribution in [0.3, 0.4) is 0 Å². The van der Waals surface area contributed by atoms with Crippen molar-refractivity contribution in [1.82, 2.24) is 15.3 Å². The van der Waals surface area contributed by atoms with Crippen molar-refractivity contribution < 1.29 is 22.8 Å². The minimum absolute atomic E-state index is 0.140. The Hall–Kier alpha value is -3.17. The highest BCUT2D eigenvalue weighted by atomic mass is 19.4. The summed E-state index contributed by atoms with van der Waals surface area (Å²) < 4.78 is 38.0. The van der Waals surface area contributed by atoms with Crippen LogP contribution in [-0.2, 0) is 11.0 Å². The van der Waals surface area contributed by atoms with E-state index in [4.69, 9.17) is 0 Å². The van der Waals surface area contributed by atoms with E-state index in [0.717, 1.165) is 30.3 Å². The van der Waals surface area contributed by atoms with Gasteiger partial charge in [0.2, 0.25) is 5.95 Å². The van der Waals surface area contributed by atoms with E-state index in [1.165, 1.54) is 11.8 Å². The maximum absolute atomic E-state index is 12.7. The molecular formula is C17H17F3N4O3. The molecule has 10 heteroatoms. The predicted octanol–water partition coefficient (Wildman–Crippen LogP) is 1.91. The zero-order valence-corrected chi connectivity index (χ0v) is 14.7. The Balaban J connectivity index is 2.30. The second-order valence-electron chi connectivity index (χ2n) is 5.99. The number of aromatic nitrogens is 2. The van der Waals surface area contributed by atoms with Crippen LogP contribution in [0, 0.1) is 0 Å². The van der Waals surface area contributed by atoms with Crippen LogP contribution in [0.4, 0.5) is 19.1 Å². The third kappa shape index (κ3) is 4.93. The second kappa shape index (κ2) is 7.60. The molecule has 0 saturated heterocycles. The third-order valence-corrected chi connectivity index (χ3v) is 3.64. The summed E-state index contributed by atoms with van der Waals surface area (Å²) in [4.78, 5) is 43.9. The van der Waals surface area contributed by atoms with Gasteiger partial charge < -0.3 is 10.2 Å². The average molecular weight is 382 g/mol. The number of rotatable bonds is 5. The number of hydrogen-bond donors (Lipinski definition) is 2. The quantitative estimate of drug-likeness (QED) is 0.824. The molecule has 2 N–H and O–H groups in total. The Morgan fingerprint density at radius 2 is 1.78 bits per heavy atom. The zero-order valence-electron chi connectivity index (χ0n) is 14.7. The van der Waals surface area contributed by atoms with Crippen molar-refractivity contribution >= 4 is 17.6 Å². The highest BCUT2D eigenvalue weighted by Crippen LogP contribution is 2.30. The summed E-state index contributed by atoms with van der Waals surface area (Å²) in [5.41, 5.74) is -1.47. The van der Waals surface area contributed by atoms with Gasteiger partial charge in [-0.25, -0.2) is 4.98 Å². The highest BCUT2D eigenvalue weighted by Gasteiger charge is 2.30. The normalized spacial score (nSPS) is 12.4. The van der Waals surface area contributed by atoms with Crippen molar-refractivity contribution in [2.75, 3.05) is 19.0 Å². The Labute approximate surface area is 152 Å². The first kappa shape index (κ1) is 20.1. The minimum atomic E-state index is -4.51. The van der Waals surface area contributed by atoms with Gasteiger partial charge in [0, 0.05) is 20.2 Å². The van der Waals surface area contributed by atoms with Crippen LogP contribution in [0.1, 0.15) is 34.6 Å². The minimum Gasteiger partial charge on any atom is -0.348 e. The van der Waals surface area contributed by atoms with Crippen molar-refractivity contribution in [1.29, 1.82) is 0 Å². The first-order valence-electron chi connectivity index (χ1n) is 7.76. The van der Waals surface area contributed by atoms with Gasteiger partial charge in [-0.05, 0) is 24.6 Å². The fourth-order valence-corrected chi connectivity index (χ4v) is 2.26. The fourth-order valence-electron chi connectivity index (χ4n) is 2.26. The summed E-state index contributed by atoms with van der Waals surface area (Å²) in [7, 11) is 3.22. The molecule has 1 amide bonds. The van der Waals surface area contributed by atoms with E-state index < -0.39 is 35.0 Å². The summed E-state index contributed by atoms with van der Waals surface area (Å²) in [5.74, 6) is -1.15. The van der Waals surface area contributed by atoms with Gasteiger partial charge in [-0.1, -0.05) is 12.1 Å². The van der Waals surface area contributed by atoms with Crippen molar-refractivity contribution in [3.05, 3.63) is 57.5 Å². The topological polar surface area (TPSA) is 95.2 Å². The Kier molecular flexibility index (Phi) is 5.67. The number of alkyl halides is 3. The first-order valence-corrected chi connectivity index (χ1v) is 7.76. The molecule has 2 rings (SSSR count). The number of hydrogen-bond acceptors (Lipinski definition) is 5. The Morgan fingerprint density at radius 3 is 2.26 bits per heavy atom. The van der Waals surface area contributed by atoms with Crippen molar-refractivity contribution in [3.8, 4) is 0 Å². The van der Waals surface area contributed by atoms with Gasteiger partial charge in [0.05, 0.1) is 5.56 Å². The summed E-state index contributed by atoms with van der Waals surface area (Å²) in [6.45, 7) is 1.19. The van der Waals surface area contributed by atoms with Crippen LogP contribution >= 0.6 is 0 Å². The SMILES string of the molecule is CC(=O)C(NC(=O)c1cc(=O)[nH]c(N(C)C)n1)c1ccc(C(F)(F)F)cc1. The van der Waals surface area contributed by atoms with Crippen LogP contribution in [0.25, 0.3) is 0 Å². The molecule has 1 atom stereocenters. The molecule has 2 aromatic rings. The van der Waals surface area contributed by atoms with E-state index in [0.29, 0.717) is 0 Å². The lowest BCUT2D eigenvalue weighted by atomic mass is 10.0. The number of halogens is 3. The fraction of sp³-hybridized carbons (Fsp3) is 0.294. The molecule has 27 heavy (non-hydrogen) atoms. The number of anilines is 1. The molecule has 1 unspecified atom stereocenters. The van der Waals surface area contributed by atoms with Gasteiger partial charge in [0.1, 0.15) is 11.7 Å². The number of aromatic amines is 1. The summed E-state index contributed by atoms with van der Waals surface area (Å²) in [5, 5.41) is 2.40. The number of nitrogens with one attached hydrogen (secondary N) is 2. The number of Topliss-reactive ketones (excluding diaryl/α,β-unsaturated/α-hetero) is 1. The van der Waals surface area contributed by atoms with E-state index in [9.17, 15) is 27.6 Å². The maximum Gasteiger partial charge on any atom is 0.416 e. The number of benzene rings is 1. The van der Waals surface area contributed by atoms with Crippen LogP contribution in [0.5, 0.6) is 0 Å². The van der Waals surface area contributed by atoms with Gasteiger partial charge in [-0.15, -0.1) is 0 Å². The molecule has 0 spiro atoms. The Morgan fingerprint density at radius 1 is 1.19 bits per heavy atom. The number of carbonyl (C=O) groups excluding carboxylic acids is 2. The first-order chi connectivity index (χ1) is 12.5. The number of amides is 1. The highest BCUT2D eigenvalue weighted by molar-refractivity contribution is 5.96. The standard InChI is InChI=1S/C17H17F3N4O3/c1-9(25)14(10-4-6-11(7-5-10)17(18,19)20)23-15(27)12-8-13(26)22-16(21-12)24(2)3/h4-8,14H,1-3H3,(H,23,27)(H,21,22,26). The molecule has 0 fully saturated rings. The van der Waals surface area contributed by atoms with Crippen LogP contribution in [0.2, 0.25) is 0 Å². The van der Waals surface area contributed by atoms with Crippen molar-refractivity contribution in [3.63, 3.8) is 0 Å². The van der Waals surface area contributed by atoms with Crippen LogP contribution in [0.15, 0.2) is 35.1 Å². The van der Waals surface area contributed by atoms with E-state index >= 15 is 0 Å². The number of nitrogens with zero attached hydrogens (tertiary/aromatic N) is 2. The largest absolute Gasteiger partial charge is 0.416 e. The number of H-pyrrole nitrogens is 1. The van der Waals surface area contributed by atoms with Gasteiger partial charge in [0.15, 0.2) is 5.78 Å². The second-order valence-corrected chi connectivity index (χ2v) is 5.99. The predicted molar refractivity (Wildman–Crippen MR) is 91.5 cm³/mol. The van der Waals surface area contributed by atoms with Gasteiger partial charge in [-0.3, -0.25) is 19.4 Å². The summed E-state index contributed by atoms with van der Waals surface area (Å²) in [6.07, 6.45) is -4.51. The number of carbonyl (C=O) groups is 2. The average Bonchev–Trinajstić information content (AvgIpc) is 2.58. The summed E-state index contributed by atoms with van der Waals surface area (Å²) in [6, 6.07) is 3.67. The molecule has 0 saturated carbocycles. The lowest BCUT2D eigenvalue weighted by Crippen LogP contribution is -2.34. The molecule has 0 radical (unpaired) electrons. The molecule has 1 aromatic heterocycles. The molecule has 144 valence electrons. The lowest BCUT2D eigenvalue weighted by Gasteiger charge is -2.17. The molecule has 0 aliphatic heterocycles. The zero-order chi connectivity index (χ0) is 20.4. The van der Waals surface area contributed by atoms with Crippen LogP contribution in [-0.4, -0.2) is 35.8 Å². The smallest absolute Gasteiger partial charge is 0.348 e. The van der Waals surface area contributed by atoms with E-state index in [1.54, 1.807) is 14.1 Å². The molecule has 1 aromatic carbocycles. The lowest BCUT2D eigenvalue weighted by molar-refractivity contribution is -0.137. The van der Waals surface area contributed by atoms with E-state index in [1.807, 2.05) is 0 Å². The Bertz CT molecular complexity index is 905. The maximum atomic E-state index is 12.7. The van der Waals surface area contributed by atoms with Gasteiger partial charge in [-0.2, -0.15) is 13.2 Å². The van der Waals surface area contributed by atoms with Gasteiger partial charge in [0.25, 0.3) is 11.5 Å². The monoisotopic (exact) mass is 382 g/mol. The van der Waals surface area contributed by atoms with Crippen LogP contribution < -0.4 is 15.8 Å². The molecule has 0 aliphatic rings. The van der Waals surface area contributed by atoms with E-state index in [-0.39, 0.29) is 17.2 Å². The summed E-state index contributed by atoms with van der Waals surface area (Å²) >= 11 is 0. The van der Waals surface area contributed by atoms with Crippen molar-refractivity contribution in [2.45, 2.75) is 19.1 Å².